The number of nitrogens with zero attached hydrogens (tertiary/aromatic N) is 1. The normalized spacial score (nSPS) is 27.2. The molecule has 98 valence electrons. The highest BCUT2D eigenvalue weighted by Gasteiger charge is 2.31. The molecule has 4 nitrogen and oxygen atoms in total. The molecule has 0 heterocycles. The van der Waals surface area contributed by atoms with Crippen LogP contribution in [0.3, 0.4) is 0 Å². The van der Waals surface area contributed by atoms with E-state index in [4.69, 9.17) is 0 Å². The summed E-state index contributed by atoms with van der Waals surface area (Å²) in [6, 6.07) is 5.80. The fraction of sp³-hybridized carbons (Fsp3) is 0.571. The number of nitro groups is 1. The van der Waals surface area contributed by atoms with Crippen LogP contribution in [0.15, 0.2) is 18.2 Å². The van der Waals surface area contributed by atoms with Gasteiger partial charge in [0.15, 0.2) is 0 Å². The lowest BCUT2D eigenvalue weighted by Gasteiger charge is -2.21. The largest absolute Gasteiger partial charge is 0.376 e. The number of hydrogen-bond donors (Lipinski definition) is 1. The van der Waals surface area contributed by atoms with Crippen LogP contribution in [0.1, 0.15) is 32.3 Å². The van der Waals surface area contributed by atoms with Gasteiger partial charge in [-0.15, -0.1) is 0 Å². The SMILES string of the molecule is Cc1cccc(NC2CCC(C)C2C)c1[N+](=O)[O-]. The summed E-state index contributed by atoms with van der Waals surface area (Å²) in [5, 5.41) is 14.5. The number of aryl methyl sites for hydroxylation is 1. The molecule has 18 heavy (non-hydrogen) atoms. The Morgan fingerprint density at radius 3 is 2.61 bits per heavy atom. The van der Waals surface area contributed by atoms with Crippen molar-refractivity contribution in [2.24, 2.45) is 11.8 Å². The van der Waals surface area contributed by atoms with Crippen molar-refractivity contribution < 1.29 is 4.92 Å². The van der Waals surface area contributed by atoms with Gasteiger partial charge in [0.2, 0.25) is 0 Å². The molecule has 0 amide bonds. The van der Waals surface area contributed by atoms with E-state index in [0.717, 1.165) is 6.42 Å². The van der Waals surface area contributed by atoms with E-state index >= 15 is 0 Å². The van der Waals surface area contributed by atoms with E-state index in [1.165, 1.54) is 6.42 Å². The molecule has 3 atom stereocenters. The van der Waals surface area contributed by atoms with Crippen molar-refractivity contribution in [3.63, 3.8) is 0 Å². The first-order valence-corrected chi connectivity index (χ1v) is 6.51. The van der Waals surface area contributed by atoms with Crippen LogP contribution in [0.25, 0.3) is 0 Å². The molecule has 1 fully saturated rings. The smallest absolute Gasteiger partial charge is 0.295 e. The van der Waals surface area contributed by atoms with Crippen molar-refractivity contribution in [2.45, 2.75) is 39.7 Å². The maximum absolute atomic E-state index is 11.1. The van der Waals surface area contributed by atoms with Crippen molar-refractivity contribution in [1.29, 1.82) is 0 Å². The van der Waals surface area contributed by atoms with Gasteiger partial charge in [-0.3, -0.25) is 10.1 Å². The summed E-state index contributed by atoms with van der Waals surface area (Å²) >= 11 is 0. The molecular weight excluding hydrogens is 228 g/mol. The van der Waals surface area contributed by atoms with E-state index < -0.39 is 0 Å². The Morgan fingerprint density at radius 1 is 1.33 bits per heavy atom. The van der Waals surface area contributed by atoms with Gasteiger partial charge in [-0.1, -0.05) is 26.0 Å². The molecule has 2 rings (SSSR count). The second-order valence-electron chi connectivity index (χ2n) is 5.39. The Hall–Kier alpha value is -1.58. The van der Waals surface area contributed by atoms with Gasteiger partial charge in [0.1, 0.15) is 5.69 Å². The first-order chi connectivity index (χ1) is 8.50. The monoisotopic (exact) mass is 248 g/mol. The first kappa shape index (κ1) is 12.9. The minimum absolute atomic E-state index is 0.212. The van der Waals surface area contributed by atoms with Crippen molar-refractivity contribution in [3.05, 3.63) is 33.9 Å². The highest BCUT2D eigenvalue weighted by Crippen LogP contribution is 2.36. The van der Waals surface area contributed by atoms with Crippen LogP contribution in [-0.2, 0) is 0 Å². The van der Waals surface area contributed by atoms with Crippen molar-refractivity contribution in [2.75, 3.05) is 5.32 Å². The molecule has 0 bridgehead atoms. The number of anilines is 1. The van der Waals surface area contributed by atoms with Crippen LogP contribution in [0.4, 0.5) is 11.4 Å². The van der Waals surface area contributed by atoms with Gasteiger partial charge in [0, 0.05) is 11.6 Å². The first-order valence-electron chi connectivity index (χ1n) is 6.51. The zero-order valence-electron chi connectivity index (χ0n) is 11.1. The number of rotatable bonds is 3. The molecule has 0 aromatic heterocycles. The summed E-state index contributed by atoms with van der Waals surface area (Å²) in [6.07, 6.45) is 2.28. The van der Waals surface area contributed by atoms with Crippen LogP contribution >= 0.6 is 0 Å². The van der Waals surface area contributed by atoms with Crippen LogP contribution < -0.4 is 5.32 Å². The molecule has 3 unspecified atom stereocenters. The molecule has 1 aromatic carbocycles. The predicted molar refractivity (Wildman–Crippen MR) is 72.8 cm³/mol. The van der Waals surface area contributed by atoms with Gasteiger partial charge < -0.3 is 5.32 Å². The Balaban J connectivity index is 2.24. The van der Waals surface area contributed by atoms with Gasteiger partial charge in [-0.25, -0.2) is 0 Å². The van der Waals surface area contributed by atoms with Crippen LogP contribution in [0.2, 0.25) is 0 Å². The molecule has 4 heteroatoms. The third-order valence-electron chi connectivity index (χ3n) is 4.23. The molecule has 1 aliphatic carbocycles. The van der Waals surface area contributed by atoms with Crippen LogP contribution in [-0.4, -0.2) is 11.0 Å². The molecule has 0 aliphatic heterocycles. The Kier molecular flexibility index (Phi) is 3.55. The van der Waals surface area contributed by atoms with Gasteiger partial charge in [-0.05, 0) is 37.7 Å². The summed E-state index contributed by atoms with van der Waals surface area (Å²) in [4.78, 5) is 10.8. The highest BCUT2D eigenvalue weighted by molar-refractivity contribution is 5.65. The summed E-state index contributed by atoms with van der Waals surface area (Å²) in [5.74, 6) is 1.25. The van der Waals surface area contributed by atoms with Gasteiger partial charge >= 0.3 is 0 Å². The maximum Gasteiger partial charge on any atom is 0.295 e. The van der Waals surface area contributed by atoms with E-state index in [0.29, 0.717) is 29.1 Å². The standard InChI is InChI=1S/C14H20N2O2/c1-9-7-8-12(11(9)3)15-13-6-4-5-10(2)14(13)16(17)18/h4-6,9,11-12,15H,7-8H2,1-3H3. The number of para-hydroxylation sites is 1. The highest BCUT2D eigenvalue weighted by atomic mass is 16.6. The molecule has 1 aliphatic rings. The molecular formula is C14H20N2O2. The quantitative estimate of drug-likeness (QED) is 0.654. The molecule has 0 saturated heterocycles. The van der Waals surface area contributed by atoms with Crippen molar-refractivity contribution in [3.8, 4) is 0 Å². The average molecular weight is 248 g/mol. The van der Waals surface area contributed by atoms with E-state index in [2.05, 4.69) is 19.2 Å². The summed E-state index contributed by atoms with van der Waals surface area (Å²) in [6.45, 7) is 6.25. The van der Waals surface area contributed by atoms with Crippen LogP contribution in [0.5, 0.6) is 0 Å². The van der Waals surface area contributed by atoms with Crippen molar-refractivity contribution >= 4 is 11.4 Å². The third kappa shape index (κ3) is 2.33. The van der Waals surface area contributed by atoms with E-state index in [1.807, 2.05) is 6.07 Å². The number of benzene rings is 1. The van der Waals surface area contributed by atoms with Gasteiger partial charge in [0.25, 0.3) is 5.69 Å². The number of hydrogen-bond acceptors (Lipinski definition) is 3. The van der Waals surface area contributed by atoms with E-state index in [9.17, 15) is 10.1 Å². The second kappa shape index (κ2) is 4.96. The lowest BCUT2D eigenvalue weighted by molar-refractivity contribution is -0.384. The maximum atomic E-state index is 11.1. The molecule has 1 N–H and O–H groups in total. The molecule has 1 saturated carbocycles. The van der Waals surface area contributed by atoms with E-state index in [-0.39, 0.29) is 10.6 Å². The fourth-order valence-electron chi connectivity index (χ4n) is 2.79. The van der Waals surface area contributed by atoms with Gasteiger partial charge in [-0.2, -0.15) is 0 Å². The minimum Gasteiger partial charge on any atom is -0.376 e. The Bertz CT molecular complexity index is 459. The lowest BCUT2D eigenvalue weighted by atomic mass is 9.97. The Morgan fingerprint density at radius 2 is 2.06 bits per heavy atom. The zero-order valence-corrected chi connectivity index (χ0v) is 11.1. The summed E-state index contributed by atoms with van der Waals surface area (Å²) in [5.41, 5.74) is 1.58. The molecule has 0 spiro atoms. The Labute approximate surface area is 108 Å². The number of nitrogens with one attached hydrogen (secondary N) is 1. The molecule has 1 aromatic rings. The second-order valence-corrected chi connectivity index (χ2v) is 5.39. The van der Waals surface area contributed by atoms with Crippen LogP contribution in [0, 0.1) is 28.9 Å². The summed E-state index contributed by atoms with van der Waals surface area (Å²) < 4.78 is 0. The van der Waals surface area contributed by atoms with Crippen molar-refractivity contribution in [1.82, 2.24) is 0 Å². The minimum atomic E-state index is -0.291. The predicted octanol–water partition coefficient (Wildman–Crippen LogP) is 3.75. The summed E-state index contributed by atoms with van der Waals surface area (Å²) in [7, 11) is 0. The topological polar surface area (TPSA) is 55.2 Å². The zero-order chi connectivity index (χ0) is 13.3. The lowest BCUT2D eigenvalue weighted by Crippen LogP contribution is -2.24. The third-order valence-corrected chi connectivity index (χ3v) is 4.23. The number of nitro benzene ring substituents is 1. The fourth-order valence-corrected chi connectivity index (χ4v) is 2.79. The van der Waals surface area contributed by atoms with E-state index in [1.54, 1.807) is 19.1 Å². The molecule has 0 radical (unpaired) electrons. The van der Waals surface area contributed by atoms with Gasteiger partial charge in [0.05, 0.1) is 4.92 Å². The average Bonchev–Trinajstić information content (AvgIpc) is 2.60.